The number of hydrogen-bond acceptors (Lipinski definition) is 1. The number of alkyl halides is 2. The molecule has 0 atom stereocenters. The summed E-state index contributed by atoms with van der Waals surface area (Å²) in [5, 5.41) is 6.40. The molecule has 0 aliphatic heterocycles. The summed E-state index contributed by atoms with van der Waals surface area (Å²) in [6.45, 7) is 0. The zero-order valence-corrected chi connectivity index (χ0v) is 14.5. The van der Waals surface area contributed by atoms with Gasteiger partial charge in [0.2, 0.25) is 0 Å². The van der Waals surface area contributed by atoms with Crippen LogP contribution in [0, 0.1) is 0 Å². The Balaban J connectivity index is 2.21. The van der Waals surface area contributed by atoms with E-state index in [0.717, 1.165) is 27.6 Å². The van der Waals surface area contributed by atoms with E-state index in [4.69, 9.17) is 5.10 Å². The van der Waals surface area contributed by atoms with Gasteiger partial charge < -0.3 is 0 Å². The van der Waals surface area contributed by atoms with E-state index < -0.39 is 0 Å². The van der Waals surface area contributed by atoms with Crippen LogP contribution in [-0.2, 0) is 10.7 Å². The Labute approximate surface area is 141 Å². The molecule has 0 unspecified atom stereocenters. The molecule has 0 bridgehead atoms. The third-order valence-corrected chi connectivity index (χ3v) is 4.49. The van der Waals surface area contributed by atoms with E-state index in [1.54, 1.807) is 0 Å². The van der Waals surface area contributed by atoms with Gasteiger partial charge in [-0.25, -0.2) is 4.68 Å². The van der Waals surface area contributed by atoms with Crippen LogP contribution in [0.15, 0.2) is 60.7 Å². The van der Waals surface area contributed by atoms with Crippen LogP contribution in [0.5, 0.6) is 0 Å². The van der Waals surface area contributed by atoms with E-state index in [9.17, 15) is 0 Å². The maximum Gasteiger partial charge on any atom is 0.0971 e. The number of hydrogen-bond donors (Lipinski definition) is 0. The lowest BCUT2D eigenvalue weighted by Gasteiger charge is -2.05. The van der Waals surface area contributed by atoms with Gasteiger partial charge in [0.25, 0.3) is 0 Å². The first-order valence-electron chi connectivity index (χ1n) is 6.68. The van der Waals surface area contributed by atoms with Gasteiger partial charge in [-0.3, -0.25) is 0 Å². The summed E-state index contributed by atoms with van der Waals surface area (Å²) in [7, 11) is 0. The summed E-state index contributed by atoms with van der Waals surface area (Å²) >= 11 is 7.21. The lowest BCUT2D eigenvalue weighted by Crippen LogP contribution is -2.01. The summed E-state index contributed by atoms with van der Waals surface area (Å²) in [5.74, 6) is 0. The number of halogens is 2. The van der Waals surface area contributed by atoms with E-state index in [1.165, 1.54) is 11.3 Å². The van der Waals surface area contributed by atoms with Crippen molar-refractivity contribution in [2.45, 2.75) is 10.7 Å². The van der Waals surface area contributed by atoms with Crippen LogP contribution in [-0.4, -0.2) is 9.78 Å². The van der Waals surface area contributed by atoms with E-state index in [-0.39, 0.29) is 0 Å². The lowest BCUT2D eigenvalue weighted by atomic mass is 10.1. The highest BCUT2D eigenvalue weighted by atomic mass is 79.9. The van der Waals surface area contributed by atoms with Crippen LogP contribution < -0.4 is 0 Å². The molecule has 0 saturated heterocycles. The Morgan fingerprint density at radius 1 is 0.810 bits per heavy atom. The SMILES string of the molecule is BrCc1c(-c2ccccc2)nn(-c2ccccc2)c1CBr. The second-order valence-corrected chi connectivity index (χ2v) is 5.78. The first-order chi connectivity index (χ1) is 10.3. The zero-order valence-electron chi connectivity index (χ0n) is 11.3. The molecule has 0 radical (unpaired) electrons. The first kappa shape index (κ1) is 14.5. The quantitative estimate of drug-likeness (QED) is 0.536. The molecule has 1 heterocycles. The molecular weight excluding hydrogens is 392 g/mol. The molecule has 2 nitrogen and oxygen atoms in total. The van der Waals surface area contributed by atoms with Crippen molar-refractivity contribution in [3.05, 3.63) is 71.9 Å². The number of benzene rings is 2. The molecule has 106 valence electrons. The van der Waals surface area contributed by atoms with Gasteiger partial charge in [0.05, 0.1) is 17.1 Å². The molecule has 0 saturated carbocycles. The molecule has 0 N–H and O–H groups in total. The molecule has 0 spiro atoms. The second kappa shape index (κ2) is 6.58. The van der Waals surface area contributed by atoms with Crippen LogP contribution in [0.4, 0.5) is 0 Å². The van der Waals surface area contributed by atoms with Crippen LogP contribution in [0.1, 0.15) is 11.3 Å². The van der Waals surface area contributed by atoms with Crippen molar-refractivity contribution in [1.82, 2.24) is 9.78 Å². The molecule has 1 aromatic heterocycles. The molecule has 21 heavy (non-hydrogen) atoms. The van der Waals surface area contributed by atoms with Crippen LogP contribution in [0.2, 0.25) is 0 Å². The number of aromatic nitrogens is 2. The fourth-order valence-electron chi connectivity index (χ4n) is 2.37. The van der Waals surface area contributed by atoms with Crippen molar-refractivity contribution >= 4 is 31.9 Å². The monoisotopic (exact) mass is 404 g/mol. The molecule has 0 fully saturated rings. The van der Waals surface area contributed by atoms with Gasteiger partial charge in [0.15, 0.2) is 0 Å². The Morgan fingerprint density at radius 2 is 1.43 bits per heavy atom. The van der Waals surface area contributed by atoms with Crippen molar-refractivity contribution in [1.29, 1.82) is 0 Å². The average Bonchev–Trinajstić information content (AvgIpc) is 2.95. The zero-order chi connectivity index (χ0) is 14.7. The standard InChI is InChI=1S/C17H14Br2N2/c18-11-15-16(12-19)21(14-9-5-2-6-10-14)20-17(15)13-7-3-1-4-8-13/h1-10H,11-12H2. The Bertz CT molecular complexity index is 659. The average molecular weight is 406 g/mol. The van der Waals surface area contributed by atoms with E-state index in [0.29, 0.717) is 0 Å². The first-order valence-corrected chi connectivity index (χ1v) is 8.93. The molecule has 4 heteroatoms. The predicted molar refractivity (Wildman–Crippen MR) is 94.3 cm³/mol. The normalized spacial score (nSPS) is 10.8. The lowest BCUT2D eigenvalue weighted by molar-refractivity contribution is 0.844. The van der Waals surface area contributed by atoms with Crippen LogP contribution >= 0.6 is 31.9 Å². The van der Waals surface area contributed by atoms with Crippen molar-refractivity contribution in [3.8, 4) is 16.9 Å². The minimum Gasteiger partial charge on any atom is -0.236 e. The number of rotatable bonds is 4. The van der Waals surface area contributed by atoms with Gasteiger partial charge in [-0.15, -0.1) is 0 Å². The third-order valence-electron chi connectivity index (χ3n) is 3.40. The van der Waals surface area contributed by atoms with E-state index in [1.807, 2.05) is 41.1 Å². The molecule has 0 aliphatic carbocycles. The maximum atomic E-state index is 4.85. The molecule has 0 amide bonds. The predicted octanol–water partition coefficient (Wildman–Crippen LogP) is 5.33. The summed E-state index contributed by atoms with van der Waals surface area (Å²) in [4.78, 5) is 0. The molecule has 3 aromatic rings. The Hall–Kier alpha value is -1.39. The second-order valence-electron chi connectivity index (χ2n) is 4.65. The molecule has 3 rings (SSSR count). The smallest absolute Gasteiger partial charge is 0.0971 e. The van der Waals surface area contributed by atoms with E-state index in [2.05, 4.69) is 56.1 Å². The third kappa shape index (κ3) is 2.83. The fraction of sp³-hybridized carbons (Fsp3) is 0.118. The highest BCUT2D eigenvalue weighted by Gasteiger charge is 2.18. The van der Waals surface area contributed by atoms with Crippen molar-refractivity contribution in [3.63, 3.8) is 0 Å². The minimum atomic E-state index is 0.767. The molecular formula is C17H14Br2N2. The highest BCUT2D eigenvalue weighted by Crippen LogP contribution is 2.30. The number of nitrogens with zero attached hydrogens (tertiary/aromatic N) is 2. The van der Waals surface area contributed by atoms with Gasteiger partial charge in [-0.2, -0.15) is 5.10 Å². The maximum absolute atomic E-state index is 4.85. The van der Waals surface area contributed by atoms with Gasteiger partial charge in [-0.1, -0.05) is 80.4 Å². The van der Waals surface area contributed by atoms with Gasteiger partial charge >= 0.3 is 0 Å². The molecule has 0 aliphatic rings. The summed E-state index contributed by atoms with van der Waals surface area (Å²) in [6.07, 6.45) is 0. The van der Waals surface area contributed by atoms with Gasteiger partial charge in [0.1, 0.15) is 0 Å². The fourth-order valence-corrected chi connectivity index (χ4v) is 3.54. The molecule has 2 aromatic carbocycles. The van der Waals surface area contributed by atoms with E-state index >= 15 is 0 Å². The topological polar surface area (TPSA) is 17.8 Å². The summed E-state index contributed by atoms with van der Waals surface area (Å²) < 4.78 is 2.02. The Kier molecular flexibility index (Phi) is 4.56. The highest BCUT2D eigenvalue weighted by molar-refractivity contribution is 9.09. The van der Waals surface area contributed by atoms with Crippen molar-refractivity contribution in [2.24, 2.45) is 0 Å². The minimum absolute atomic E-state index is 0.767. The van der Waals surface area contributed by atoms with Crippen molar-refractivity contribution < 1.29 is 0 Å². The number of para-hydroxylation sites is 1. The van der Waals surface area contributed by atoms with Gasteiger partial charge in [0, 0.05) is 21.8 Å². The van der Waals surface area contributed by atoms with Crippen LogP contribution in [0.3, 0.4) is 0 Å². The van der Waals surface area contributed by atoms with Crippen LogP contribution in [0.25, 0.3) is 16.9 Å². The Morgan fingerprint density at radius 3 is 2.00 bits per heavy atom. The van der Waals surface area contributed by atoms with Crippen molar-refractivity contribution in [2.75, 3.05) is 0 Å². The summed E-state index contributed by atoms with van der Waals surface area (Å²) in [5.41, 5.74) is 5.66. The van der Waals surface area contributed by atoms with Gasteiger partial charge in [-0.05, 0) is 12.1 Å². The summed E-state index contributed by atoms with van der Waals surface area (Å²) in [6, 6.07) is 20.5. The largest absolute Gasteiger partial charge is 0.236 e.